The molecule has 1 atom stereocenters. The van der Waals surface area contributed by atoms with Crippen molar-refractivity contribution in [1.29, 1.82) is 5.26 Å². The fourth-order valence-electron chi connectivity index (χ4n) is 4.73. The van der Waals surface area contributed by atoms with Crippen molar-refractivity contribution in [2.75, 3.05) is 6.61 Å². The number of amides is 1. The molecular formula is C23H27FN4O2. The van der Waals surface area contributed by atoms with Gasteiger partial charge < -0.3 is 0 Å². The monoisotopic (exact) mass is 410 g/mol. The Labute approximate surface area is 176 Å². The van der Waals surface area contributed by atoms with Crippen LogP contribution in [0.4, 0.5) is 4.39 Å². The number of aryl methyl sites for hydroxylation is 2. The molecule has 0 spiro atoms. The van der Waals surface area contributed by atoms with Crippen LogP contribution in [0.15, 0.2) is 24.3 Å². The van der Waals surface area contributed by atoms with Crippen LogP contribution in [0, 0.1) is 42.8 Å². The smallest absolute Gasteiger partial charge is 0.249 e. The van der Waals surface area contributed by atoms with E-state index in [0.717, 1.165) is 37.9 Å². The zero-order valence-corrected chi connectivity index (χ0v) is 17.5. The Kier molecular flexibility index (Phi) is 5.87. The number of hydrogen-bond donors (Lipinski definition) is 0. The molecule has 4 rings (SSSR count). The minimum Gasteiger partial charge on any atom is -0.272 e. The third kappa shape index (κ3) is 4.24. The van der Waals surface area contributed by atoms with E-state index in [4.69, 9.17) is 10.1 Å². The third-order valence-corrected chi connectivity index (χ3v) is 6.29. The van der Waals surface area contributed by atoms with Crippen molar-refractivity contribution >= 4 is 5.91 Å². The molecule has 1 saturated heterocycles. The Morgan fingerprint density at radius 3 is 2.63 bits per heavy atom. The lowest BCUT2D eigenvalue weighted by Crippen LogP contribution is -2.37. The van der Waals surface area contributed by atoms with Gasteiger partial charge in [0.2, 0.25) is 5.91 Å². The number of benzene rings is 1. The lowest BCUT2D eigenvalue weighted by atomic mass is 9.81. The topological polar surface area (TPSA) is 71.2 Å². The number of aromatic nitrogens is 2. The normalized spacial score (nSPS) is 24.1. The van der Waals surface area contributed by atoms with Crippen LogP contribution in [-0.4, -0.2) is 27.4 Å². The molecule has 2 heterocycles. The minimum atomic E-state index is -0.465. The summed E-state index contributed by atoms with van der Waals surface area (Å²) in [5.41, 5.74) is 3.08. The van der Waals surface area contributed by atoms with Gasteiger partial charge in [0.1, 0.15) is 5.82 Å². The van der Waals surface area contributed by atoms with Crippen LogP contribution < -0.4 is 0 Å². The van der Waals surface area contributed by atoms with Gasteiger partial charge in [-0.3, -0.25) is 14.3 Å². The maximum absolute atomic E-state index is 13.9. The molecule has 1 aromatic carbocycles. The highest BCUT2D eigenvalue weighted by atomic mass is 19.1. The molecule has 0 radical (unpaired) electrons. The number of hydroxylamine groups is 2. The molecule has 0 bridgehead atoms. The molecule has 2 fully saturated rings. The zero-order valence-electron chi connectivity index (χ0n) is 17.5. The Morgan fingerprint density at radius 1 is 1.20 bits per heavy atom. The van der Waals surface area contributed by atoms with Crippen LogP contribution in [0.1, 0.15) is 60.7 Å². The molecule has 1 aliphatic heterocycles. The molecular weight excluding hydrogens is 383 g/mol. The molecule has 1 saturated carbocycles. The van der Waals surface area contributed by atoms with Crippen molar-refractivity contribution in [3.63, 3.8) is 0 Å². The van der Waals surface area contributed by atoms with Gasteiger partial charge in [0.15, 0.2) is 0 Å². The summed E-state index contributed by atoms with van der Waals surface area (Å²) in [6.45, 7) is 5.39. The summed E-state index contributed by atoms with van der Waals surface area (Å²) in [5, 5.41) is 15.1. The van der Waals surface area contributed by atoms with Crippen molar-refractivity contribution < 1.29 is 14.0 Å². The van der Waals surface area contributed by atoms with Crippen molar-refractivity contribution in [3.8, 4) is 6.07 Å². The third-order valence-electron chi connectivity index (χ3n) is 6.29. The van der Waals surface area contributed by atoms with Crippen LogP contribution in [0.3, 0.4) is 0 Å². The van der Waals surface area contributed by atoms with Gasteiger partial charge in [-0.05, 0) is 75.3 Å². The molecule has 7 heteroatoms. The minimum absolute atomic E-state index is 0.0233. The highest BCUT2D eigenvalue weighted by Gasteiger charge is 2.37. The van der Waals surface area contributed by atoms with Gasteiger partial charge in [0.05, 0.1) is 30.0 Å². The predicted molar refractivity (Wildman–Crippen MR) is 108 cm³/mol. The first-order chi connectivity index (χ1) is 14.4. The Morgan fingerprint density at radius 2 is 1.97 bits per heavy atom. The van der Waals surface area contributed by atoms with Crippen molar-refractivity contribution in [2.24, 2.45) is 11.8 Å². The number of rotatable bonds is 4. The number of carbonyl (C=O) groups is 1. The van der Waals surface area contributed by atoms with Gasteiger partial charge in [-0.2, -0.15) is 10.4 Å². The van der Waals surface area contributed by atoms with E-state index < -0.39 is 5.82 Å². The average molecular weight is 410 g/mol. The summed E-state index contributed by atoms with van der Waals surface area (Å²) < 4.78 is 16.0. The molecule has 2 aromatic rings. The second-order valence-electron chi connectivity index (χ2n) is 8.51. The summed E-state index contributed by atoms with van der Waals surface area (Å²) in [4.78, 5) is 18.8. The second-order valence-corrected chi connectivity index (χ2v) is 8.51. The first-order valence-corrected chi connectivity index (χ1v) is 10.6. The average Bonchev–Trinajstić information content (AvgIpc) is 3.34. The largest absolute Gasteiger partial charge is 0.272 e. The van der Waals surface area contributed by atoms with Crippen molar-refractivity contribution in [2.45, 2.75) is 58.5 Å². The number of halogens is 1. The Balaban J connectivity index is 1.39. The summed E-state index contributed by atoms with van der Waals surface area (Å²) in [6.07, 6.45) is 4.20. The van der Waals surface area contributed by atoms with E-state index in [1.807, 2.05) is 13.0 Å². The summed E-state index contributed by atoms with van der Waals surface area (Å²) in [5.74, 6) is -0.0482. The van der Waals surface area contributed by atoms with Crippen LogP contribution in [-0.2, 0) is 16.2 Å². The zero-order chi connectivity index (χ0) is 21.3. The Hall–Kier alpha value is -2.72. The maximum Gasteiger partial charge on any atom is 0.249 e. The van der Waals surface area contributed by atoms with Gasteiger partial charge in [0, 0.05) is 24.6 Å². The van der Waals surface area contributed by atoms with Crippen molar-refractivity contribution in [3.05, 3.63) is 52.6 Å². The quantitative estimate of drug-likeness (QED) is 0.757. The van der Waals surface area contributed by atoms with Gasteiger partial charge in [-0.15, -0.1) is 0 Å². The highest BCUT2D eigenvalue weighted by molar-refractivity contribution is 5.78. The van der Waals surface area contributed by atoms with E-state index in [2.05, 4.69) is 22.8 Å². The summed E-state index contributed by atoms with van der Waals surface area (Å²) in [7, 11) is 0. The maximum atomic E-state index is 13.9. The van der Waals surface area contributed by atoms with E-state index in [0.29, 0.717) is 24.5 Å². The number of hydrogen-bond acceptors (Lipinski definition) is 4. The molecule has 1 amide bonds. The highest BCUT2D eigenvalue weighted by Crippen LogP contribution is 2.37. The lowest BCUT2D eigenvalue weighted by molar-refractivity contribution is -0.183. The molecule has 1 aliphatic carbocycles. The molecule has 0 N–H and O–H groups in total. The summed E-state index contributed by atoms with van der Waals surface area (Å²) in [6, 6.07) is 7.97. The van der Waals surface area contributed by atoms with E-state index >= 15 is 0 Å². The van der Waals surface area contributed by atoms with E-state index in [-0.39, 0.29) is 23.4 Å². The van der Waals surface area contributed by atoms with Gasteiger partial charge in [0.25, 0.3) is 0 Å². The predicted octanol–water partition coefficient (Wildman–Crippen LogP) is 4.22. The SMILES string of the molecule is Cc1cc(C)n(CC2CCC(C(=O)N3OCC[C@H]3c3cc(F)cc(C#N)c3)CC2)n1. The molecule has 2 aliphatic rings. The number of nitriles is 1. The molecule has 6 nitrogen and oxygen atoms in total. The Bertz CT molecular complexity index is 972. The fraction of sp³-hybridized carbons (Fsp3) is 0.522. The number of carbonyl (C=O) groups excluding carboxylic acids is 1. The lowest BCUT2D eigenvalue weighted by Gasteiger charge is -2.32. The van der Waals surface area contributed by atoms with Crippen LogP contribution in [0.5, 0.6) is 0 Å². The van der Waals surface area contributed by atoms with Crippen LogP contribution in [0.25, 0.3) is 0 Å². The second kappa shape index (κ2) is 8.57. The fourth-order valence-corrected chi connectivity index (χ4v) is 4.73. The van der Waals surface area contributed by atoms with Gasteiger partial charge >= 0.3 is 0 Å². The molecule has 1 aromatic heterocycles. The molecule has 158 valence electrons. The summed E-state index contributed by atoms with van der Waals surface area (Å²) >= 11 is 0. The first-order valence-electron chi connectivity index (χ1n) is 10.6. The molecule has 0 unspecified atom stereocenters. The van der Waals surface area contributed by atoms with Crippen LogP contribution >= 0.6 is 0 Å². The van der Waals surface area contributed by atoms with E-state index in [1.165, 1.54) is 22.9 Å². The van der Waals surface area contributed by atoms with E-state index in [1.54, 1.807) is 6.07 Å². The van der Waals surface area contributed by atoms with Crippen LogP contribution in [0.2, 0.25) is 0 Å². The molecule has 30 heavy (non-hydrogen) atoms. The number of nitrogens with zero attached hydrogens (tertiary/aromatic N) is 4. The van der Waals surface area contributed by atoms with Gasteiger partial charge in [-0.25, -0.2) is 9.45 Å². The van der Waals surface area contributed by atoms with Gasteiger partial charge in [-0.1, -0.05) is 0 Å². The van der Waals surface area contributed by atoms with E-state index in [9.17, 15) is 9.18 Å². The first kappa shape index (κ1) is 20.5. The standard InChI is InChI=1S/C23H27FN4O2/c1-15-9-16(2)27(26-15)14-17-3-5-19(6-4-17)23(29)28-22(7-8-30-28)20-10-18(13-25)11-21(24)12-20/h9-12,17,19,22H,3-8,14H2,1-2H3/t17?,19?,22-/m0/s1. The van der Waals surface area contributed by atoms with Crippen molar-refractivity contribution in [1.82, 2.24) is 14.8 Å².